The smallest absolute Gasteiger partial charge is 0.243 e. The number of Topliss-reactive ketones (excluding diaryl/α,β-unsaturated/α-hetero) is 3. The van der Waals surface area contributed by atoms with E-state index in [9.17, 15) is 14.4 Å². The Bertz CT molecular complexity index is 2000. The second-order valence-electron chi connectivity index (χ2n) is 12.2. The van der Waals surface area contributed by atoms with Crippen molar-refractivity contribution < 1.29 is 61.5 Å². The van der Waals surface area contributed by atoms with E-state index in [1.165, 1.54) is 0 Å². The molecule has 0 N–H and O–H groups in total. The molecule has 0 unspecified atom stereocenters. The molecule has 6 aromatic rings. The number of phosphoric acid groups is 1. The Labute approximate surface area is 324 Å². The number of aromatic nitrogens is 6. The minimum atomic E-state index is -5.39. The lowest BCUT2D eigenvalue weighted by Crippen LogP contribution is -2.35. The number of rotatable bonds is 12. The molecular formula is C39H45N6O10P. The van der Waals surface area contributed by atoms with Gasteiger partial charge < -0.3 is 33.5 Å². The molecule has 0 fully saturated rings. The number of aryl methyl sites for hydroxylation is 3. The standard InChI is InChI=1S/3C13H15N2O2.H3O4P/c3*1-14-6-7-15(10-14)9-13(16)11-4-3-5-12(8-11)17-2;1-5(2,3)4/h3*3-8,10H,9H2,1-2H3;(H3,1,2,3,4)/q3*+1;/p-3. The molecular weight excluding hydrogens is 743 g/mol. The number of imidazole rings is 3. The molecule has 0 saturated carbocycles. The van der Waals surface area contributed by atoms with Gasteiger partial charge in [0.15, 0.2) is 19.6 Å². The van der Waals surface area contributed by atoms with Gasteiger partial charge in [-0.2, -0.15) is 7.82 Å². The molecule has 0 amide bonds. The van der Waals surface area contributed by atoms with Gasteiger partial charge in [-0.1, -0.05) is 36.4 Å². The zero-order valence-corrected chi connectivity index (χ0v) is 32.9. The number of carbonyl (C=O) groups is 3. The number of hydrogen-bond donors (Lipinski definition) is 0. The van der Waals surface area contributed by atoms with Crippen LogP contribution >= 0.6 is 7.82 Å². The number of ketones is 3. The fourth-order valence-electron chi connectivity index (χ4n) is 4.95. The second-order valence-corrected chi connectivity index (χ2v) is 13.1. The summed E-state index contributed by atoms with van der Waals surface area (Å²) in [5.41, 5.74) is 2.00. The maximum atomic E-state index is 12.0. The van der Waals surface area contributed by atoms with Crippen LogP contribution in [0.1, 0.15) is 31.1 Å². The van der Waals surface area contributed by atoms with Crippen LogP contribution in [0.2, 0.25) is 0 Å². The van der Waals surface area contributed by atoms with Crippen molar-refractivity contribution in [3.8, 4) is 17.2 Å². The topological polar surface area (TPSA) is 192 Å². The first kappa shape index (κ1) is 44.2. The lowest BCUT2D eigenvalue weighted by molar-refractivity contribution is -0.682. The number of ether oxygens (including phenoxy) is 3. The first-order chi connectivity index (χ1) is 26.6. The van der Waals surface area contributed by atoms with Gasteiger partial charge in [0.25, 0.3) is 0 Å². The van der Waals surface area contributed by atoms with Crippen LogP contribution in [0, 0.1) is 0 Å². The van der Waals surface area contributed by atoms with Crippen LogP contribution in [-0.2, 0) is 45.3 Å². The minimum absolute atomic E-state index is 0.0695. The third kappa shape index (κ3) is 16.0. The summed E-state index contributed by atoms with van der Waals surface area (Å²) in [7, 11) is 5.16. The molecule has 0 aliphatic rings. The van der Waals surface area contributed by atoms with Crippen LogP contribution in [0.15, 0.2) is 129 Å². The van der Waals surface area contributed by atoms with E-state index in [0.29, 0.717) is 53.6 Å². The lowest BCUT2D eigenvalue weighted by Gasteiger charge is -2.36. The monoisotopic (exact) mass is 788 g/mol. The molecule has 0 aliphatic carbocycles. The van der Waals surface area contributed by atoms with E-state index in [0.717, 1.165) is 0 Å². The molecule has 0 radical (unpaired) electrons. The Kier molecular flexibility index (Phi) is 17.1. The summed E-state index contributed by atoms with van der Waals surface area (Å²) < 4.78 is 35.1. The van der Waals surface area contributed by atoms with Crippen molar-refractivity contribution in [2.45, 2.75) is 19.6 Å². The van der Waals surface area contributed by atoms with Crippen LogP contribution in [0.4, 0.5) is 0 Å². The Morgan fingerprint density at radius 2 is 0.786 bits per heavy atom. The highest BCUT2D eigenvalue weighted by molar-refractivity contribution is 7.40. The van der Waals surface area contributed by atoms with Gasteiger partial charge in [-0.25, -0.2) is 27.4 Å². The molecule has 0 saturated heterocycles. The third-order valence-corrected chi connectivity index (χ3v) is 7.62. The maximum Gasteiger partial charge on any atom is 0.243 e. The summed E-state index contributed by atoms with van der Waals surface area (Å²) in [6.45, 7) is 1.02. The highest BCUT2D eigenvalue weighted by Crippen LogP contribution is 2.15. The van der Waals surface area contributed by atoms with Crippen molar-refractivity contribution >= 4 is 25.2 Å². The van der Waals surface area contributed by atoms with Gasteiger partial charge in [0.05, 0.1) is 42.5 Å². The summed E-state index contributed by atoms with van der Waals surface area (Å²) in [4.78, 5) is 61.7. The van der Waals surface area contributed by atoms with Gasteiger partial charge in [0.1, 0.15) is 54.4 Å². The number of hydrogen-bond acceptors (Lipinski definition) is 10. The molecule has 3 heterocycles. The average Bonchev–Trinajstić information content (AvgIpc) is 3.91. The molecule has 0 spiro atoms. The van der Waals surface area contributed by atoms with E-state index in [4.69, 9.17) is 33.5 Å². The summed E-state index contributed by atoms with van der Waals surface area (Å²) in [5, 5.41) is 0. The van der Waals surface area contributed by atoms with Gasteiger partial charge in [0, 0.05) is 16.7 Å². The van der Waals surface area contributed by atoms with Crippen molar-refractivity contribution in [3.05, 3.63) is 146 Å². The predicted molar refractivity (Wildman–Crippen MR) is 196 cm³/mol. The summed E-state index contributed by atoms with van der Waals surface area (Å²) in [6.07, 6.45) is 16.9. The average molecular weight is 789 g/mol. The summed E-state index contributed by atoms with van der Waals surface area (Å²) >= 11 is 0. The van der Waals surface area contributed by atoms with Crippen molar-refractivity contribution in [2.24, 2.45) is 21.1 Å². The molecule has 3 aromatic carbocycles. The first-order valence-corrected chi connectivity index (χ1v) is 18.3. The van der Waals surface area contributed by atoms with Crippen molar-refractivity contribution in [1.29, 1.82) is 0 Å². The largest absolute Gasteiger partial charge is 0.822 e. The van der Waals surface area contributed by atoms with E-state index in [1.54, 1.807) is 57.7 Å². The van der Waals surface area contributed by atoms with Crippen molar-refractivity contribution in [3.63, 3.8) is 0 Å². The zero-order valence-electron chi connectivity index (χ0n) is 32.0. The SMILES string of the molecule is COc1cccc(C(=O)C[n+]2ccn(C)c2)c1.COc1cccc(C(=O)C[n+]2ccn(C)c2)c1.COc1cccc(C(=O)C[n+]2ccn(C)c2)c1.O=P([O-])([O-])[O-]. The quantitative estimate of drug-likeness (QED) is 0.0974. The molecule has 56 heavy (non-hydrogen) atoms. The van der Waals surface area contributed by atoms with Crippen LogP contribution in [0.5, 0.6) is 17.2 Å². The predicted octanol–water partition coefficient (Wildman–Crippen LogP) is 0.788. The van der Waals surface area contributed by atoms with Crippen LogP contribution < -0.4 is 42.6 Å². The Morgan fingerprint density at radius 1 is 0.536 bits per heavy atom. The third-order valence-electron chi connectivity index (χ3n) is 7.62. The van der Waals surface area contributed by atoms with Gasteiger partial charge in [-0.3, -0.25) is 14.4 Å². The van der Waals surface area contributed by atoms with Crippen molar-refractivity contribution in [1.82, 2.24) is 13.7 Å². The lowest BCUT2D eigenvalue weighted by atomic mass is 10.1. The molecule has 6 rings (SSSR count). The molecule has 0 aliphatic heterocycles. The zero-order chi connectivity index (χ0) is 41.3. The van der Waals surface area contributed by atoms with Gasteiger partial charge in [-0.15, -0.1) is 0 Å². The second kappa shape index (κ2) is 21.6. The van der Waals surface area contributed by atoms with Crippen LogP contribution in [0.25, 0.3) is 0 Å². The van der Waals surface area contributed by atoms with Gasteiger partial charge in [0.2, 0.25) is 36.3 Å². The maximum absolute atomic E-state index is 12.0. The first-order valence-electron chi connectivity index (χ1n) is 16.8. The molecule has 17 heteroatoms. The fraction of sp³-hybridized carbons (Fsp3) is 0.231. The number of carbonyl (C=O) groups excluding carboxylic acids is 3. The molecule has 296 valence electrons. The number of benzene rings is 3. The van der Waals surface area contributed by atoms with E-state index >= 15 is 0 Å². The highest BCUT2D eigenvalue weighted by atomic mass is 31.2. The Morgan fingerprint density at radius 3 is 0.982 bits per heavy atom. The molecule has 16 nitrogen and oxygen atoms in total. The van der Waals surface area contributed by atoms with Crippen LogP contribution in [0.3, 0.4) is 0 Å². The van der Waals surface area contributed by atoms with E-state index < -0.39 is 7.82 Å². The van der Waals surface area contributed by atoms with E-state index in [1.807, 2.05) is 141 Å². The normalized spacial score (nSPS) is 10.4. The minimum Gasteiger partial charge on any atom is -0.822 e. The van der Waals surface area contributed by atoms with Crippen molar-refractivity contribution in [2.75, 3.05) is 21.3 Å². The van der Waals surface area contributed by atoms with E-state index in [2.05, 4.69) is 0 Å². The number of methoxy groups -OCH3 is 3. The Balaban J connectivity index is 0.000000212. The van der Waals surface area contributed by atoms with Crippen LogP contribution in [-0.4, -0.2) is 52.4 Å². The highest BCUT2D eigenvalue weighted by Gasteiger charge is 2.13. The van der Waals surface area contributed by atoms with Gasteiger partial charge >= 0.3 is 0 Å². The molecule has 3 aromatic heterocycles. The summed E-state index contributed by atoms with van der Waals surface area (Å²) in [5.74, 6) is 2.32. The summed E-state index contributed by atoms with van der Waals surface area (Å²) in [6, 6.07) is 21.6. The van der Waals surface area contributed by atoms with E-state index in [-0.39, 0.29) is 17.3 Å². The molecule has 0 bridgehead atoms. The van der Waals surface area contributed by atoms with Gasteiger partial charge in [-0.05, 0) is 36.4 Å². The number of nitrogens with zero attached hydrogens (tertiary/aromatic N) is 6. The molecule has 0 atom stereocenters. The fourth-order valence-corrected chi connectivity index (χ4v) is 4.95. The Hall–Kier alpha value is -6.19.